The van der Waals surface area contributed by atoms with Crippen LogP contribution in [0.1, 0.15) is 36.4 Å². The molecular formula is C23H21ClN2O4. The molecule has 1 amide bonds. The molecule has 0 saturated heterocycles. The molecule has 0 spiro atoms. The second kappa shape index (κ2) is 9.89. The maximum absolute atomic E-state index is 12.2. The molecule has 7 heteroatoms. The van der Waals surface area contributed by atoms with Gasteiger partial charge in [-0.05, 0) is 61.0 Å². The summed E-state index contributed by atoms with van der Waals surface area (Å²) in [5, 5.41) is 3.03. The van der Waals surface area contributed by atoms with Gasteiger partial charge < -0.3 is 14.5 Å². The Bertz CT molecular complexity index is 1070. The number of nitrogens with zero attached hydrogens (tertiary/aromatic N) is 1. The van der Waals surface area contributed by atoms with Crippen molar-refractivity contribution < 1.29 is 18.7 Å². The van der Waals surface area contributed by atoms with Gasteiger partial charge in [0.15, 0.2) is 0 Å². The molecule has 0 bridgehead atoms. The van der Waals surface area contributed by atoms with Gasteiger partial charge in [-0.2, -0.15) is 0 Å². The molecule has 1 heterocycles. The highest BCUT2D eigenvalue weighted by atomic mass is 35.5. The van der Waals surface area contributed by atoms with Gasteiger partial charge in [-0.1, -0.05) is 18.5 Å². The average Bonchev–Trinajstić information content (AvgIpc) is 3.20. The van der Waals surface area contributed by atoms with Crippen LogP contribution in [-0.4, -0.2) is 24.7 Å². The number of benzene rings is 2. The second-order valence-corrected chi connectivity index (χ2v) is 6.93. The third kappa shape index (κ3) is 5.58. The van der Waals surface area contributed by atoms with Gasteiger partial charge in [-0.25, -0.2) is 4.79 Å². The number of aliphatic imine (C=N–C) groups is 1. The molecule has 1 N–H and O–H groups in total. The minimum Gasteiger partial charge on any atom is -0.462 e. The van der Waals surface area contributed by atoms with Crippen molar-refractivity contribution in [1.29, 1.82) is 0 Å². The topological polar surface area (TPSA) is 80.9 Å². The molecule has 2 aromatic carbocycles. The van der Waals surface area contributed by atoms with E-state index in [9.17, 15) is 9.59 Å². The first kappa shape index (κ1) is 21.3. The molecule has 0 atom stereocenters. The standard InChI is InChI=1S/C23H21ClN2O4/c1-3-12-29-23(28)20-13-16(4-10-21(20)24)22-11-9-19(30-22)14-25-17-5-7-18(8-6-17)26-15(2)27/h4-11,13-14H,3,12H2,1-2H3,(H,26,27). The number of hydrogen-bond acceptors (Lipinski definition) is 5. The fourth-order valence-electron chi connectivity index (χ4n) is 2.66. The van der Waals surface area contributed by atoms with Gasteiger partial charge in [-0.3, -0.25) is 9.79 Å². The average molecular weight is 425 g/mol. The van der Waals surface area contributed by atoms with E-state index in [0.717, 1.165) is 12.1 Å². The van der Waals surface area contributed by atoms with Crippen molar-refractivity contribution in [2.45, 2.75) is 20.3 Å². The second-order valence-electron chi connectivity index (χ2n) is 6.52. The Morgan fingerprint density at radius 2 is 1.90 bits per heavy atom. The van der Waals surface area contributed by atoms with Crippen molar-refractivity contribution in [1.82, 2.24) is 0 Å². The summed E-state index contributed by atoms with van der Waals surface area (Å²) in [5.74, 6) is 0.553. The molecule has 0 aliphatic carbocycles. The molecular weight excluding hydrogens is 404 g/mol. The lowest BCUT2D eigenvalue weighted by atomic mass is 10.1. The van der Waals surface area contributed by atoms with Crippen molar-refractivity contribution in [3.8, 4) is 11.3 Å². The maximum Gasteiger partial charge on any atom is 0.339 e. The van der Waals surface area contributed by atoms with Crippen molar-refractivity contribution in [3.05, 3.63) is 70.9 Å². The number of ether oxygens (including phenoxy) is 1. The number of hydrogen-bond donors (Lipinski definition) is 1. The predicted octanol–water partition coefficient (Wildman–Crippen LogP) is 5.88. The van der Waals surface area contributed by atoms with Crippen LogP contribution in [0.5, 0.6) is 0 Å². The highest BCUT2D eigenvalue weighted by Gasteiger charge is 2.14. The number of furan rings is 1. The van der Waals surface area contributed by atoms with E-state index in [2.05, 4.69) is 10.3 Å². The highest BCUT2D eigenvalue weighted by Crippen LogP contribution is 2.27. The normalized spacial score (nSPS) is 10.9. The Balaban J connectivity index is 1.74. The number of amides is 1. The van der Waals surface area contributed by atoms with Crippen LogP contribution >= 0.6 is 11.6 Å². The highest BCUT2D eigenvalue weighted by molar-refractivity contribution is 6.33. The molecule has 0 fully saturated rings. The summed E-state index contributed by atoms with van der Waals surface area (Å²) in [5.41, 5.74) is 2.43. The number of carbonyl (C=O) groups is 2. The van der Waals surface area contributed by atoms with E-state index in [1.165, 1.54) is 6.92 Å². The minimum absolute atomic E-state index is 0.127. The van der Waals surface area contributed by atoms with Gasteiger partial charge in [0, 0.05) is 18.2 Å². The molecule has 0 saturated carbocycles. The van der Waals surface area contributed by atoms with Crippen LogP contribution in [0.3, 0.4) is 0 Å². The summed E-state index contributed by atoms with van der Waals surface area (Å²) >= 11 is 6.14. The zero-order valence-electron chi connectivity index (χ0n) is 16.6. The van der Waals surface area contributed by atoms with E-state index >= 15 is 0 Å². The Hall–Kier alpha value is -3.38. The number of esters is 1. The monoisotopic (exact) mass is 424 g/mol. The van der Waals surface area contributed by atoms with E-state index in [-0.39, 0.29) is 5.91 Å². The number of carbonyl (C=O) groups excluding carboxylic acids is 2. The van der Waals surface area contributed by atoms with Crippen LogP contribution in [0.25, 0.3) is 11.3 Å². The summed E-state index contributed by atoms with van der Waals surface area (Å²) in [4.78, 5) is 27.6. The van der Waals surface area contributed by atoms with Crippen LogP contribution in [0, 0.1) is 0 Å². The molecule has 0 radical (unpaired) electrons. The van der Waals surface area contributed by atoms with Crippen LogP contribution in [0.4, 0.5) is 11.4 Å². The van der Waals surface area contributed by atoms with Crippen LogP contribution < -0.4 is 5.32 Å². The van der Waals surface area contributed by atoms with Crippen molar-refractivity contribution in [2.75, 3.05) is 11.9 Å². The Kier molecular flexibility index (Phi) is 7.03. The van der Waals surface area contributed by atoms with Gasteiger partial charge in [-0.15, -0.1) is 0 Å². The Morgan fingerprint density at radius 1 is 1.13 bits per heavy atom. The van der Waals surface area contributed by atoms with Crippen LogP contribution in [0.15, 0.2) is 64.0 Å². The molecule has 1 aromatic heterocycles. The fourth-order valence-corrected chi connectivity index (χ4v) is 2.85. The lowest BCUT2D eigenvalue weighted by molar-refractivity contribution is -0.114. The molecule has 6 nitrogen and oxygen atoms in total. The summed E-state index contributed by atoms with van der Waals surface area (Å²) in [6.45, 7) is 3.72. The predicted molar refractivity (Wildman–Crippen MR) is 118 cm³/mol. The summed E-state index contributed by atoms with van der Waals surface area (Å²) in [6.07, 6.45) is 2.34. The lowest BCUT2D eigenvalue weighted by Gasteiger charge is -2.06. The SMILES string of the molecule is CCCOC(=O)c1cc(-c2ccc(C=Nc3ccc(NC(C)=O)cc3)o2)ccc1Cl. The van der Waals surface area contributed by atoms with Gasteiger partial charge in [0.05, 0.1) is 29.1 Å². The minimum atomic E-state index is -0.459. The van der Waals surface area contributed by atoms with E-state index in [1.807, 2.05) is 6.92 Å². The zero-order valence-corrected chi connectivity index (χ0v) is 17.4. The molecule has 0 unspecified atom stereocenters. The van der Waals surface area contributed by atoms with Gasteiger partial charge in [0.25, 0.3) is 0 Å². The van der Waals surface area contributed by atoms with E-state index in [0.29, 0.717) is 40.0 Å². The smallest absolute Gasteiger partial charge is 0.339 e. The van der Waals surface area contributed by atoms with Crippen LogP contribution in [0.2, 0.25) is 5.02 Å². The Labute approximate surface area is 179 Å². The van der Waals surface area contributed by atoms with Gasteiger partial charge in [0.1, 0.15) is 11.5 Å². The number of nitrogens with one attached hydrogen (secondary N) is 1. The largest absolute Gasteiger partial charge is 0.462 e. The maximum atomic E-state index is 12.2. The van der Waals surface area contributed by atoms with E-state index < -0.39 is 5.97 Å². The molecule has 3 aromatic rings. The van der Waals surface area contributed by atoms with Crippen molar-refractivity contribution in [2.24, 2.45) is 4.99 Å². The van der Waals surface area contributed by atoms with E-state index in [1.54, 1.807) is 60.8 Å². The van der Waals surface area contributed by atoms with Gasteiger partial charge >= 0.3 is 5.97 Å². The first-order chi connectivity index (χ1) is 14.5. The number of rotatable bonds is 7. The third-order valence-corrected chi connectivity index (χ3v) is 4.39. The number of halogens is 1. The summed E-state index contributed by atoms with van der Waals surface area (Å²) in [6, 6.07) is 15.8. The van der Waals surface area contributed by atoms with Crippen molar-refractivity contribution >= 4 is 41.1 Å². The molecule has 154 valence electrons. The third-order valence-electron chi connectivity index (χ3n) is 4.06. The number of anilines is 1. The van der Waals surface area contributed by atoms with Crippen LogP contribution in [-0.2, 0) is 9.53 Å². The molecule has 0 aliphatic heterocycles. The van der Waals surface area contributed by atoms with Gasteiger partial charge in [0.2, 0.25) is 5.91 Å². The quantitative estimate of drug-likeness (QED) is 0.379. The zero-order chi connectivity index (χ0) is 21.5. The van der Waals surface area contributed by atoms with E-state index in [4.69, 9.17) is 20.8 Å². The fraction of sp³-hybridized carbons (Fsp3) is 0.174. The first-order valence-electron chi connectivity index (χ1n) is 9.45. The molecule has 3 rings (SSSR count). The lowest BCUT2D eigenvalue weighted by Crippen LogP contribution is -2.06. The summed E-state index contributed by atoms with van der Waals surface area (Å²) in [7, 11) is 0. The Morgan fingerprint density at radius 3 is 2.60 bits per heavy atom. The first-order valence-corrected chi connectivity index (χ1v) is 9.82. The molecule has 30 heavy (non-hydrogen) atoms. The summed E-state index contributed by atoms with van der Waals surface area (Å²) < 4.78 is 11.0. The molecule has 0 aliphatic rings. The van der Waals surface area contributed by atoms with Crippen molar-refractivity contribution in [3.63, 3.8) is 0 Å².